The lowest BCUT2D eigenvalue weighted by Gasteiger charge is -2.14. The van der Waals surface area contributed by atoms with Gasteiger partial charge in [0.25, 0.3) is 0 Å². The van der Waals surface area contributed by atoms with Crippen molar-refractivity contribution in [2.45, 2.75) is 20.8 Å². The van der Waals surface area contributed by atoms with E-state index in [1.54, 1.807) is 25.1 Å². The van der Waals surface area contributed by atoms with E-state index < -0.39 is 11.9 Å². The van der Waals surface area contributed by atoms with E-state index in [1.807, 2.05) is 0 Å². The van der Waals surface area contributed by atoms with Crippen LogP contribution in [0.15, 0.2) is 54.6 Å². The van der Waals surface area contributed by atoms with Gasteiger partial charge in [-0.15, -0.1) is 0 Å². The minimum Gasteiger partial charge on any atom is -0.504 e. The van der Waals surface area contributed by atoms with Crippen molar-refractivity contribution < 1.29 is 33.6 Å². The maximum absolute atomic E-state index is 11.8. The maximum Gasteiger partial charge on any atom is 0.338 e. The lowest BCUT2D eigenvalue weighted by Crippen LogP contribution is -2.09. The Kier molecular flexibility index (Phi) is 6.67. The molecule has 29 heavy (non-hydrogen) atoms. The van der Waals surface area contributed by atoms with Crippen LogP contribution in [0.2, 0.25) is 0 Å². The molecule has 0 radical (unpaired) electrons. The largest absolute Gasteiger partial charge is 0.504 e. The first-order valence-corrected chi connectivity index (χ1v) is 8.57. The zero-order chi connectivity index (χ0) is 21.7. The summed E-state index contributed by atoms with van der Waals surface area (Å²) in [7, 11) is 1.44. The van der Waals surface area contributed by atoms with Crippen LogP contribution < -0.4 is 18.9 Å². The van der Waals surface area contributed by atoms with Crippen molar-refractivity contribution in [1.82, 2.24) is 0 Å². The first-order chi connectivity index (χ1) is 13.6. The smallest absolute Gasteiger partial charge is 0.338 e. The van der Waals surface area contributed by atoms with E-state index in [4.69, 9.17) is 18.9 Å². The Bertz CT molecular complexity index is 989. The van der Waals surface area contributed by atoms with Gasteiger partial charge in [0.05, 0.1) is 7.11 Å². The van der Waals surface area contributed by atoms with Gasteiger partial charge in [-0.1, -0.05) is 13.2 Å². The Morgan fingerprint density at radius 3 is 1.97 bits per heavy atom. The molecule has 0 aliphatic rings. The van der Waals surface area contributed by atoms with Crippen molar-refractivity contribution in [3.05, 3.63) is 60.2 Å². The molecule has 0 spiro atoms. The summed E-state index contributed by atoms with van der Waals surface area (Å²) in [6.07, 6.45) is 0. The van der Waals surface area contributed by atoms with E-state index in [0.29, 0.717) is 22.8 Å². The van der Waals surface area contributed by atoms with Gasteiger partial charge < -0.3 is 24.1 Å². The van der Waals surface area contributed by atoms with Gasteiger partial charge >= 0.3 is 11.9 Å². The molecule has 0 atom stereocenters. The highest BCUT2D eigenvalue weighted by molar-refractivity contribution is 5.89. The first-order valence-electron chi connectivity index (χ1n) is 8.57. The fourth-order valence-electron chi connectivity index (χ4n) is 2.16. The summed E-state index contributed by atoms with van der Waals surface area (Å²) < 4.78 is 21.4. The van der Waals surface area contributed by atoms with Gasteiger partial charge in [-0.2, -0.15) is 0 Å². The number of phenolic OH excluding ortho intramolecular Hbond substituents is 1. The number of methoxy groups -OCH3 is 1. The van der Waals surface area contributed by atoms with E-state index in [-0.39, 0.29) is 28.4 Å². The van der Waals surface area contributed by atoms with Crippen molar-refractivity contribution in [1.29, 1.82) is 0 Å². The van der Waals surface area contributed by atoms with Gasteiger partial charge in [0, 0.05) is 23.3 Å². The molecule has 0 aromatic heterocycles. The predicted molar refractivity (Wildman–Crippen MR) is 107 cm³/mol. The summed E-state index contributed by atoms with van der Waals surface area (Å²) >= 11 is 0. The molecule has 7 nitrogen and oxygen atoms in total. The molecule has 0 aliphatic heterocycles. The molecule has 0 amide bonds. The number of carbonyl (C=O) groups is 2. The Hall–Kier alpha value is -3.74. The third-order valence-electron chi connectivity index (χ3n) is 3.71. The fraction of sp³-hybridized carbons (Fsp3) is 0.182. The number of esters is 2. The van der Waals surface area contributed by atoms with E-state index >= 15 is 0 Å². The quantitative estimate of drug-likeness (QED) is 0.418. The molecule has 2 rings (SSSR count). The number of ether oxygens (including phenoxy) is 4. The molecule has 0 saturated heterocycles. The zero-order valence-corrected chi connectivity index (χ0v) is 16.7. The van der Waals surface area contributed by atoms with Crippen LogP contribution in [0, 0.1) is 6.92 Å². The normalized spacial score (nSPS) is 10.1. The van der Waals surface area contributed by atoms with Crippen LogP contribution in [0.4, 0.5) is 0 Å². The molecule has 7 heteroatoms. The van der Waals surface area contributed by atoms with Crippen LogP contribution in [-0.4, -0.2) is 24.2 Å². The number of benzene rings is 2. The molecule has 0 saturated carbocycles. The number of aromatic hydroxyl groups is 1. The van der Waals surface area contributed by atoms with Crippen molar-refractivity contribution in [2.75, 3.05) is 7.11 Å². The van der Waals surface area contributed by atoms with Crippen LogP contribution in [0.25, 0.3) is 0 Å². The van der Waals surface area contributed by atoms with Crippen LogP contribution in [-0.2, 0) is 9.59 Å². The predicted octanol–water partition coefficient (Wildman–Crippen LogP) is 4.46. The van der Waals surface area contributed by atoms with Crippen LogP contribution in [0.3, 0.4) is 0 Å². The summed E-state index contributed by atoms with van der Waals surface area (Å²) in [5, 5.41) is 10.1. The molecule has 0 unspecified atom stereocenters. The lowest BCUT2D eigenvalue weighted by atomic mass is 10.2. The number of aryl methyl sites for hydroxylation is 1. The highest BCUT2D eigenvalue weighted by atomic mass is 16.6. The first kappa shape index (κ1) is 21.6. The maximum atomic E-state index is 11.8. The van der Waals surface area contributed by atoms with E-state index in [2.05, 4.69) is 13.2 Å². The van der Waals surface area contributed by atoms with Gasteiger partial charge in [-0.25, -0.2) is 9.59 Å². The number of phenols is 1. The molecular weight excluding hydrogens is 376 g/mol. The Morgan fingerprint density at radius 1 is 0.862 bits per heavy atom. The van der Waals surface area contributed by atoms with Crippen LogP contribution in [0.5, 0.6) is 34.5 Å². The van der Waals surface area contributed by atoms with Crippen molar-refractivity contribution in [3.8, 4) is 34.5 Å². The average Bonchev–Trinajstić information content (AvgIpc) is 2.65. The highest BCUT2D eigenvalue weighted by Gasteiger charge is 2.16. The summed E-state index contributed by atoms with van der Waals surface area (Å²) in [4.78, 5) is 23.6. The SMILES string of the molecule is C=C(C)C(=O)Oc1cc(Oc2cc(C)c(O)c(OC(=O)C(=C)C)c2)ccc1OC. The van der Waals surface area contributed by atoms with E-state index in [1.165, 1.54) is 33.1 Å². The van der Waals surface area contributed by atoms with Gasteiger partial charge in [0.1, 0.15) is 11.5 Å². The summed E-state index contributed by atoms with van der Waals surface area (Å²) in [6, 6.07) is 7.59. The van der Waals surface area contributed by atoms with Gasteiger partial charge in [-0.3, -0.25) is 0 Å². The topological polar surface area (TPSA) is 91.3 Å². The molecule has 0 aliphatic carbocycles. The lowest BCUT2D eigenvalue weighted by molar-refractivity contribution is -0.131. The third kappa shape index (κ3) is 5.38. The second-order valence-corrected chi connectivity index (χ2v) is 6.34. The van der Waals surface area contributed by atoms with Gasteiger partial charge in [0.15, 0.2) is 23.0 Å². The standard InChI is InChI=1S/C22H22O7/c1-12(2)21(24)28-18-10-15(7-8-17(18)26-6)27-16-9-14(5)20(23)19(11-16)29-22(25)13(3)4/h7-11,23H,1,3H2,2,4-6H3. The second-order valence-electron chi connectivity index (χ2n) is 6.34. The van der Waals surface area contributed by atoms with Crippen LogP contribution >= 0.6 is 0 Å². The van der Waals surface area contributed by atoms with Gasteiger partial charge in [-0.05, 0) is 44.5 Å². The van der Waals surface area contributed by atoms with Crippen molar-refractivity contribution >= 4 is 11.9 Å². The average molecular weight is 398 g/mol. The zero-order valence-electron chi connectivity index (χ0n) is 16.7. The monoisotopic (exact) mass is 398 g/mol. The fourth-order valence-corrected chi connectivity index (χ4v) is 2.16. The Labute approximate surface area is 168 Å². The summed E-state index contributed by atoms with van der Waals surface area (Å²) in [6.45, 7) is 11.7. The summed E-state index contributed by atoms with van der Waals surface area (Å²) in [5.74, 6) is -0.393. The Balaban J connectivity index is 2.34. The molecule has 152 valence electrons. The molecule has 0 heterocycles. The molecule has 0 fully saturated rings. The third-order valence-corrected chi connectivity index (χ3v) is 3.71. The van der Waals surface area contributed by atoms with Crippen LogP contribution in [0.1, 0.15) is 19.4 Å². The molecule has 1 N–H and O–H groups in total. The van der Waals surface area contributed by atoms with E-state index in [0.717, 1.165) is 0 Å². The number of hydrogen-bond donors (Lipinski definition) is 1. The Morgan fingerprint density at radius 2 is 1.41 bits per heavy atom. The van der Waals surface area contributed by atoms with Crippen molar-refractivity contribution in [2.24, 2.45) is 0 Å². The van der Waals surface area contributed by atoms with E-state index in [9.17, 15) is 14.7 Å². The highest BCUT2D eigenvalue weighted by Crippen LogP contribution is 2.38. The number of rotatable bonds is 7. The second kappa shape index (κ2) is 8.97. The molecular formula is C22H22O7. The van der Waals surface area contributed by atoms with Gasteiger partial charge in [0.2, 0.25) is 0 Å². The molecule has 2 aromatic carbocycles. The minimum atomic E-state index is -0.671. The minimum absolute atomic E-state index is 0.0598. The van der Waals surface area contributed by atoms with Crippen molar-refractivity contribution in [3.63, 3.8) is 0 Å². The molecule has 0 bridgehead atoms. The summed E-state index contributed by atoms with van der Waals surface area (Å²) in [5.41, 5.74) is 0.860. The number of hydrogen-bond acceptors (Lipinski definition) is 7. The molecule has 2 aromatic rings. The number of carbonyl (C=O) groups excluding carboxylic acids is 2.